The van der Waals surface area contributed by atoms with E-state index in [1.165, 1.54) is 0 Å². The summed E-state index contributed by atoms with van der Waals surface area (Å²) in [5.41, 5.74) is -0.0566. The summed E-state index contributed by atoms with van der Waals surface area (Å²) in [4.78, 5) is 88.6. The predicted octanol–water partition coefficient (Wildman–Crippen LogP) is 6.73. The average Bonchev–Trinajstić information content (AvgIpc) is 2.41. The first-order valence-corrected chi connectivity index (χ1v) is 29.8. The van der Waals surface area contributed by atoms with Gasteiger partial charge in [0.15, 0.2) is 0 Å². The molecule has 7 amide bonds. The number of unbranched alkanes of at least 4 members (excludes halogenated alkanes) is 1. The number of hydrogen-bond acceptors (Lipinski definition) is 17. The van der Waals surface area contributed by atoms with E-state index < -0.39 is 52.9 Å². The van der Waals surface area contributed by atoms with Crippen molar-refractivity contribution in [1.82, 2.24) is 31.9 Å². The van der Waals surface area contributed by atoms with E-state index in [1.54, 1.807) is 19.1 Å². The van der Waals surface area contributed by atoms with E-state index in [-0.39, 0.29) is 78.4 Å². The Hall–Kier alpha value is -6.48. The highest BCUT2D eigenvalue weighted by Gasteiger charge is 2.65. The SMILES string of the molecule is Cc1c(C)c2c(c(C)c1OC(=O)C[C@@H](NC(=O)c1ccc(C3(C(F)(F)F)N=N3)cc1)C(=O)NCCCOCCOCCOCCCNC(=O)CCCC[C@@H]1SC[C@@H]3NC(=O)N[C@@H]31)CCC(C)(COc1ccc(CC3SC(=O)NC3=O)cc1)O2. The summed E-state index contributed by atoms with van der Waals surface area (Å²) in [6.07, 6.45) is 0.322. The van der Waals surface area contributed by atoms with Crippen LogP contribution < -0.4 is 46.1 Å². The largest absolute Gasteiger partial charge is 0.489 e. The van der Waals surface area contributed by atoms with Gasteiger partial charge in [-0.3, -0.25) is 34.1 Å². The summed E-state index contributed by atoms with van der Waals surface area (Å²) in [7, 11) is 0. The molecule has 3 aromatic carbocycles. The molecule has 0 saturated carbocycles. The second-order valence-corrected chi connectivity index (χ2v) is 23.7. The van der Waals surface area contributed by atoms with Crippen LogP contribution in [0.15, 0.2) is 58.8 Å². The zero-order valence-corrected chi connectivity index (χ0v) is 48.4. The number of imide groups is 1. The van der Waals surface area contributed by atoms with E-state index in [2.05, 4.69) is 42.1 Å². The highest BCUT2D eigenvalue weighted by Crippen LogP contribution is 2.52. The van der Waals surface area contributed by atoms with Crippen LogP contribution in [0.1, 0.15) is 102 Å². The molecule has 21 nitrogen and oxygen atoms in total. The van der Waals surface area contributed by atoms with Crippen LogP contribution in [0.2, 0.25) is 0 Å². The second kappa shape index (κ2) is 28.4. The Morgan fingerprint density at radius 2 is 1.51 bits per heavy atom. The number of rotatable bonds is 31. The van der Waals surface area contributed by atoms with Crippen LogP contribution in [-0.2, 0) is 51.9 Å². The first-order chi connectivity index (χ1) is 39.7. The van der Waals surface area contributed by atoms with Gasteiger partial charge in [-0.05, 0) is 119 Å². The van der Waals surface area contributed by atoms with Gasteiger partial charge < -0.3 is 55.0 Å². The number of fused-ring (bicyclic) bond motifs is 2. The quantitative estimate of drug-likeness (QED) is 0.0169. The van der Waals surface area contributed by atoms with Crippen LogP contribution in [0.3, 0.4) is 0 Å². The van der Waals surface area contributed by atoms with Gasteiger partial charge in [0.25, 0.3) is 11.1 Å². The molecule has 3 fully saturated rings. The Balaban J connectivity index is 0.749. The van der Waals surface area contributed by atoms with Crippen molar-refractivity contribution < 1.29 is 75.2 Å². The number of hydrogen-bond donors (Lipinski definition) is 6. The molecule has 5 aliphatic heterocycles. The van der Waals surface area contributed by atoms with E-state index in [0.29, 0.717) is 99.4 Å². The number of carbonyl (C=O) groups excluding carboxylic acids is 7. The molecule has 0 bridgehead atoms. The number of ether oxygens (including phenoxy) is 6. The van der Waals surface area contributed by atoms with Crippen molar-refractivity contribution in [1.29, 1.82) is 0 Å². The predicted molar refractivity (Wildman–Crippen MR) is 301 cm³/mol. The fourth-order valence-electron chi connectivity index (χ4n) is 10.1. The summed E-state index contributed by atoms with van der Waals surface area (Å²) in [5, 5.41) is 22.4. The van der Waals surface area contributed by atoms with E-state index in [0.717, 1.165) is 77.7 Å². The van der Waals surface area contributed by atoms with Gasteiger partial charge in [-0.1, -0.05) is 42.4 Å². The van der Waals surface area contributed by atoms with Gasteiger partial charge >= 0.3 is 23.8 Å². The van der Waals surface area contributed by atoms with Gasteiger partial charge in [-0.15, -0.1) is 10.2 Å². The minimum absolute atomic E-state index is 0.0118. The van der Waals surface area contributed by atoms with Crippen LogP contribution in [-0.4, -0.2) is 146 Å². The second-order valence-electron chi connectivity index (χ2n) is 21.3. The molecule has 0 aromatic heterocycles. The van der Waals surface area contributed by atoms with Crippen molar-refractivity contribution in [3.63, 3.8) is 0 Å². The first-order valence-electron chi connectivity index (χ1n) is 27.9. The Kier molecular flexibility index (Phi) is 21.4. The first kappa shape index (κ1) is 62.6. The molecule has 450 valence electrons. The maximum atomic E-state index is 13.8. The standard InChI is InChI=1S/C57H71F3N8O13S2/c1-33-34(2)49-40(19-20-55(4,81-49)32-79-39-17-11-36(12-18-39)29-44-52(73)66-54(75)83-44)35(3)48(33)80-46(70)30-41(63-50(71)37-13-15-38(16-14-37)56(67-68-56)57(58,59)60)51(72)62-22-8-24-77-26-28-78-27-25-76-23-7-21-61-45(69)10-6-5-9-43-47-42(31-82-43)64-53(74)65-47/h11-18,41-44,47H,5-10,19-32H2,1-4H3,(H,61,69)(H,62,72)(H,63,71)(H2,64,65,74)(H,66,73,75)/t41-,42+,43+,44?,47+,55?/m1/s1. The Labute approximate surface area is 487 Å². The molecule has 5 aliphatic rings. The van der Waals surface area contributed by atoms with Crippen molar-refractivity contribution in [3.8, 4) is 17.2 Å². The van der Waals surface area contributed by atoms with Crippen molar-refractivity contribution in [2.24, 2.45) is 10.2 Å². The van der Waals surface area contributed by atoms with Crippen LogP contribution in [0.5, 0.6) is 17.2 Å². The summed E-state index contributed by atoms with van der Waals surface area (Å²) in [6, 6.07) is 10.6. The maximum absolute atomic E-state index is 13.8. The van der Waals surface area contributed by atoms with Gasteiger partial charge in [-0.2, -0.15) is 24.9 Å². The highest BCUT2D eigenvalue weighted by molar-refractivity contribution is 8.15. The molecular weight excluding hydrogens is 1130 g/mol. The molecule has 83 heavy (non-hydrogen) atoms. The van der Waals surface area contributed by atoms with E-state index in [4.69, 9.17) is 28.4 Å². The van der Waals surface area contributed by atoms with Gasteiger partial charge in [0, 0.05) is 60.4 Å². The molecule has 3 saturated heterocycles. The Bertz CT molecular complexity index is 2880. The number of carbonyl (C=O) groups is 7. The van der Waals surface area contributed by atoms with Gasteiger partial charge in [0.1, 0.15) is 35.5 Å². The summed E-state index contributed by atoms with van der Waals surface area (Å²) < 4.78 is 76.7. The third kappa shape index (κ3) is 16.7. The number of nitrogens with zero attached hydrogens (tertiary/aromatic N) is 2. The molecular formula is C57H71F3N8O13S2. The molecule has 6 atom stereocenters. The number of halogens is 3. The molecule has 6 N–H and O–H groups in total. The number of nitrogens with one attached hydrogen (secondary N) is 6. The third-order valence-corrected chi connectivity index (χ3v) is 17.5. The van der Waals surface area contributed by atoms with E-state index in [1.807, 2.05) is 44.7 Å². The number of alkyl halides is 3. The number of thioether (sulfide) groups is 2. The van der Waals surface area contributed by atoms with Crippen molar-refractivity contribution in [2.75, 3.05) is 65.1 Å². The van der Waals surface area contributed by atoms with Gasteiger partial charge in [0.2, 0.25) is 17.7 Å². The van der Waals surface area contributed by atoms with Crippen LogP contribution in [0.4, 0.5) is 22.8 Å². The highest BCUT2D eigenvalue weighted by atomic mass is 32.2. The lowest BCUT2D eigenvalue weighted by atomic mass is 9.87. The molecule has 2 unspecified atom stereocenters. The number of esters is 1. The molecule has 8 rings (SSSR count). The molecule has 26 heteroatoms. The Morgan fingerprint density at radius 3 is 2.16 bits per heavy atom. The lowest BCUT2D eigenvalue weighted by Gasteiger charge is -2.37. The summed E-state index contributed by atoms with van der Waals surface area (Å²) in [6.45, 7) is 10.2. The number of benzene rings is 3. The fourth-order valence-corrected chi connectivity index (χ4v) is 12.5. The lowest BCUT2D eigenvalue weighted by molar-refractivity contribution is -0.166. The fraction of sp³-hybridized carbons (Fsp3) is 0.561. The zero-order chi connectivity index (χ0) is 59.3. The minimum atomic E-state index is -4.77. The van der Waals surface area contributed by atoms with Crippen LogP contribution >= 0.6 is 23.5 Å². The normalized spacial score (nSPS) is 21.4. The van der Waals surface area contributed by atoms with Crippen molar-refractivity contribution >= 4 is 64.4 Å². The minimum Gasteiger partial charge on any atom is -0.489 e. The average molecular weight is 1200 g/mol. The molecule has 3 aromatic rings. The molecule has 0 aliphatic carbocycles. The Morgan fingerprint density at radius 1 is 0.831 bits per heavy atom. The third-order valence-electron chi connectivity index (χ3n) is 15.0. The van der Waals surface area contributed by atoms with E-state index >= 15 is 0 Å². The monoisotopic (exact) mass is 1200 g/mol. The van der Waals surface area contributed by atoms with Crippen LogP contribution in [0, 0.1) is 20.8 Å². The molecule has 0 spiro atoms. The number of amides is 7. The maximum Gasteiger partial charge on any atom is 0.442 e. The smallest absolute Gasteiger partial charge is 0.442 e. The van der Waals surface area contributed by atoms with Gasteiger partial charge in [0.05, 0.1) is 50.2 Å². The topological polar surface area (TPSA) is 272 Å². The molecule has 5 heterocycles. The van der Waals surface area contributed by atoms with E-state index in [9.17, 15) is 46.7 Å². The van der Waals surface area contributed by atoms with Crippen molar-refractivity contribution in [2.45, 2.75) is 138 Å². The summed E-state index contributed by atoms with van der Waals surface area (Å²) in [5.74, 6) is -0.208. The lowest BCUT2D eigenvalue weighted by Crippen LogP contribution is -2.48. The van der Waals surface area contributed by atoms with Crippen molar-refractivity contribution in [3.05, 3.63) is 87.5 Å². The summed E-state index contributed by atoms with van der Waals surface area (Å²) >= 11 is 2.84. The zero-order valence-electron chi connectivity index (χ0n) is 46.8. The van der Waals surface area contributed by atoms with Gasteiger partial charge in [-0.25, -0.2) is 4.79 Å². The number of urea groups is 1. The molecule has 0 radical (unpaired) electrons. The van der Waals surface area contributed by atoms with Crippen LogP contribution in [0.25, 0.3) is 0 Å².